The molecular weight excluding hydrogens is 217 g/mol. The summed E-state index contributed by atoms with van der Waals surface area (Å²) in [6, 6.07) is 0. The van der Waals surface area contributed by atoms with Gasteiger partial charge in [0.25, 0.3) is 0 Å². The predicted octanol–water partition coefficient (Wildman–Crippen LogP) is 0.711. The van der Waals surface area contributed by atoms with Gasteiger partial charge < -0.3 is 4.74 Å². The lowest BCUT2D eigenvalue weighted by atomic mass is 10.6. The maximum Gasteiger partial charge on any atom is 0.0991 e. The number of ether oxygens (including phenoxy) is 1. The van der Waals surface area contributed by atoms with Gasteiger partial charge in [-0.15, -0.1) is 0 Å². The maximum absolute atomic E-state index is 5.13. The zero-order valence-electron chi connectivity index (χ0n) is 4.77. The van der Waals surface area contributed by atoms with Crippen molar-refractivity contribution in [3.63, 3.8) is 0 Å². The molecule has 48 valence electrons. The standard InChI is InChI=1S/C5H10INO/c6-1-2-7-3-4-8-5-7/h1-5H2. The van der Waals surface area contributed by atoms with E-state index in [0.29, 0.717) is 0 Å². The Labute approximate surface area is 63.3 Å². The molecule has 0 amide bonds. The molecule has 0 aliphatic carbocycles. The molecule has 0 bridgehead atoms. The number of nitrogens with zero attached hydrogens (tertiary/aromatic N) is 1. The molecule has 0 saturated carbocycles. The first kappa shape index (κ1) is 6.77. The van der Waals surface area contributed by atoms with E-state index in [2.05, 4.69) is 27.5 Å². The molecule has 1 heterocycles. The molecule has 0 radical (unpaired) electrons. The molecule has 0 unspecified atom stereocenters. The van der Waals surface area contributed by atoms with E-state index in [9.17, 15) is 0 Å². The molecule has 0 aromatic rings. The van der Waals surface area contributed by atoms with Crippen LogP contribution in [-0.4, -0.2) is 35.8 Å². The molecule has 0 N–H and O–H groups in total. The third kappa shape index (κ3) is 1.87. The fourth-order valence-corrected chi connectivity index (χ4v) is 1.43. The minimum atomic E-state index is 0.850. The first-order valence-electron chi connectivity index (χ1n) is 2.79. The molecule has 0 atom stereocenters. The highest BCUT2D eigenvalue weighted by atomic mass is 127. The Morgan fingerprint density at radius 3 is 3.00 bits per heavy atom. The van der Waals surface area contributed by atoms with Crippen LogP contribution in [0.3, 0.4) is 0 Å². The van der Waals surface area contributed by atoms with Gasteiger partial charge in [0.05, 0.1) is 13.3 Å². The Morgan fingerprint density at radius 2 is 2.50 bits per heavy atom. The van der Waals surface area contributed by atoms with Crippen LogP contribution in [0.15, 0.2) is 0 Å². The van der Waals surface area contributed by atoms with Crippen LogP contribution in [0.25, 0.3) is 0 Å². The fraction of sp³-hybridized carbons (Fsp3) is 1.00. The Morgan fingerprint density at radius 1 is 1.62 bits per heavy atom. The van der Waals surface area contributed by atoms with E-state index in [1.165, 1.54) is 11.0 Å². The topological polar surface area (TPSA) is 12.5 Å². The van der Waals surface area contributed by atoms with E-state index in [1.807, 2.05) is 0 Å². The minimum Gasteiger partial charge on any atom is -0.365 e. The van der Waals surface area contributed by atoms with Gasteiger partial charge in [-0.3, -0.25) is 4.90 Å². The number of hydrogen-bond acceptors (Lipinski definition) is 2. The molecule has 1 rings (SSSR count). The molecule has 2 nitrogen and oxygen atoms in total. The summed E-state index contributed by atoms with van der Waals surface area (Å²) in [7, 11) is 0. The Balaban J connectivity index is 2.06. The molecule has 3 heteroatoms. The quantitative estimate of drug-likeness (QED) is 0.508. The highest BCUT2D eigenvalue weighted by molar-refractivity contribution is 14.1. The summed E-state index contributed by atoms with van der Waals surface area (Å²) < 4.78 is 6.34. The van der Waals surface area contributed by atoms with Crippen molar-refractivity contribution in [2.75, 3.05) is 30.9 Å². The van der Waals surface area contributed by atoms with Crippen LogP contribution < -0.4 is 0 Å². The largest absolute Gasteiger partial charge is 0.365 e. The summed E-state index contributed by atoms with van der Waals surface area (Å²) in [5.41, 5.74) is 0. The van der Waals surface area contributed by atoms with E-state index < -0.39 is 0 Å². The van der Waals surface area contributed by atoms with Crippen molar-refractivity contribution in [2.45, 2.75) is 0 Å². The molecule has 1 aliphatic rings. The van der Waals surface area contributed by atoms with Crippen LogP contribution in [0.4, 0.5) is 0 Å². The van der Waals surface area contributed by atoms with Crippen molar-refractivity contribution in [1.29, 1.82) is 0 Å². The van der Waals surface area contributed by atoms with Gasteiger partial charge in [0.2, 0.25) is 0 Å². The van der Waals surface area contributed by atoms with E-state index in [0.717, 1.165) is 19.9 Å². The summed E-state index contributed by atoms with van der Waals surface area (Å²) in [5.74, 6) is 0. The second-order valence-electron chi connectivity index (χ2n) is 1.84. The molecule has 0 aromatic heterocycles. The monoisotopic (exact) mass is 227 g/mol. The average Bonchev–Trinajstić information content (AvgIpc) is 2.19. The molecule has 1 aliphatic heterocycles. The summed E-state index contributed by atoms with van der Waals surface area (Å²) in [6.07, 6.45) is 0. The van der Waals surface area contributed by atoms with Crippen molar-refractivity contribution in [3.05, 3.63) is 0 Å². The molecule has 8 heavy (non-hydrogen) atoms. The molecule has 1 fully saturated rings. The van der Waals surface area contributed by atoms with Gasteiger partial charge in [-0.05, 0) is 0 Å². The van der Waals surface area contributed by atoms with Crippen molar-refractivity contribution in [2.24, 2.45) is 0 Å². The van der Waals surface area contributed by atoms with Crippen molar-refractivity contribution < 1.29 is 4.74 Å². The second-order valence-corrected chi connectivity index (χ2v) is 2.92. The molecule has 0 spiro atoms. The zero-order chi connectivity index (χ0) is 5.82. The van der Waals surface area contributed by atoms with Gasteiger partial charge in [0.1, 0.15) is 0 Å². The summed E-state index contributed by atoms with van der Waals surface area (Å²) in [6.45, 7) is 4.09. The van der Waals surface area contributed by atoms with Crippen LogP contribution in [0.5, 0.6) is 0 Å². The van der Waals surface area contributed by atoms with E-state index in [4.69, 9.17) is 4.74 Å². The number of hydrogen-bond donors (Lipinski definition) is 0. The molecule has 0 aromatic carbocycles. The first-order valence-corrected chi connectivity index (χ1v) is 4.32. The average molecular weight is 227 g/mol. The van der Waals surface area contributed by atoms with Crippen LogP contribution in [0.2, 0.25) is 0 Å². The number of halogens is 1. The van der Waals surface area contributed by atoms with Crippen LogP contribution in [-0.2, 0) is 4.74 Å². The van der Waals surface area contributed by atoms with Crippen molar-refractivity contribution in [1.82, 2.24) is 4.90 Å². The van der Waals surface area contributed by atoms with Gasteiger partial charge in [-0.2, -0.15) is 0 Å². The van der Waals surface area contributed by atoms with Gasteiger partial charge in [0.15, 0.2) is 0 Å². The maximum atomic E-state index is 5.13. The Bertz CT molecular complexity index is 63.4. The lowest BCUT2D eigenvalue weighted by molar-refractivity contribution is 0.145. The minimum absolute atomic E-state index is 0.850. The predicted molar refractivity (Wildman–Crippen MR) is 41.3 cm³/mol. The lowest BCUT2D eigenvalue weighted by Crippen LogP contribution is -2.21. The van der Waals surface area contributed by atoms with Gasteiger partial charge >= 0.3 is 0 Å². The Kier molecular flexibility index (Phi) is 3.07. The van der Waals surface area contributed by atoms with Crippen LogP contribution in [0.1, 0.15) is 0 Å². The van der Waals surface area contributed by atoms with Crippen molar-refractivity contribution >= 4 is 22.6 Å². The van der Waals surface area contributed by atoms with E-state index >= 15 is 0 Å². The van der Waals surface area contributed by atoms with Crippen molar-refractivity contribution in [3.8, 4) is 0 Å². The number of alkyl halides is 1. The summed E-state index contributed by atoms with van der Waals surface area (Å²) in [4.78, 5) is 2.31. The SMILES string of the molecule is ICCN1CCOC1. The van der Waals surface area contributed by atoms with E-state index in [-0.39, 0.29) is 0 Å². The number of rotatable bonds is 2. The van der Waals surface area contributed by atoms with E-state index in [1.54, 1.807) is 0 Å². The highest BCUT2D eigenvalue weighted by Gasteiger charge is 2.08. The first-order chi connectivity index (χ1) is 3.93. The van der Waals surface area contributed by atoms with Gasteiger partial charge in [-0.25, -0.2) is 0 Å². The van der Waals surface area contributed by atoms with Gasteiger partial charge in [-0.1, -0.05) is 22.6 Å². The summed E-state index contributed by atoms with van der Waals surface area (Å²) >= 11 is 2.38. The third-order valence-corrected chi connectivity index (χ3v) is 1.71. The smallest absolute Gasteiger partial charge is 0.0991 e. The lowest BCUT2D eigenvalue weighted by Gasteiger charge is -2.08. The second kappa shape index (κ2) is 3.63. The highest BCUT2D eigenvalue weighted by Crippen LogP contribution is 1.98. The van der Waals surface area contributed by atoms with Crippen LogP contribution in [0, 0.1) is 0 Å². The molecule has 1 saturated heterocycles. The summed E-state index contributed by atoms with van der Waals surface area (Å²) in [5, 5.41) is 0. The van der Waals surface area contributed by atoms with Gasteiger partial charge in [0, 0.05) is 17.5 Å². The fourth-order valence-electron chi connectivity index (χ4n) is 0.748. The Hall–Kier alpha value is 0.650. The molecular formula is C5H10INO. The third-order valence-electron chi connectivity index (χ3n) is 1.23. The van der Waals surface area contributed by atoms with Crippen LogP contribution >= 0.6 is 22.6 Å². The zero-order valence-corrected chi connectivity index (χ0v) is 6.93. The normalized spacial score (nSPS) is 22.1.